The van der Waals surface area contributed by atoms with Gasteiger partial charge in [0.15, 0.2) is 17.1 Å². The monoisotopic (exact) mass is 1450 g/mol. The molecule has 3 aromatic heterocycles. The maximum Gasteiger partial charge on any atom is 0.279 e. The van der Waals surface area contributed by atoms with Crippen LogP contribution in [0.1, 0.15) is 301 Å². The van der Waals surface area contributed by atoms with E-state index in [-0.39, 0.29) is 52.8 Å². The molecule has 3 heterocycles. The van der Waals surface area contributed by atoms with Gasteiger partial charge in [0.2, 0.25) is 10.0 Å². The molecule has 20 nitrogen and oxygen atoms in total. The van der Waals surface area contributed by atoms with Crippen molar-refractivity contribution < 1.29 is 36.0 Å². The summed E-state index contributed by atoms with van der Waals surface area (Å²) in [5.74, 6) is 7.75. The zero-order chi connectivity index (χ0) is 70.8. The van der Waals surface area contributed by atoms with Gasteiger partial charge in [0.1, 0.15) is 0 Å². The van der Waals surface area contributed by atoms with E-state index in [4.69, 9.17) is 20.0 Å². The Bertz CT molecular complexity index is 3880. The number of nitrogens with zero attached hydrogens (tertiary/aromatic N) is 7. The van der Waals surface area contributed by atoms with Crippen LogP contribution >= 0.6 is 0 Å². The number of hydrogen-bond acceptors (Lipinski definition) is 11. The molecule has 16 aliphatic rings. The molecule has 4 unspecified atom stereocenters. The number of fused-ring (bicyclic) bond motifs is 5. The highest BCUT2D eigenvalue weighted by atomic mass is 32.2. The smallest absolute Gasteiger partial charge is 0.279 e. The Morgan fingerprint density at radius 1 is 0.456 bits per heavy atom. The molecule has 0 aliphatic heterocycles. The molecule has 16 aliphatic carbocycles. The summed E-state index contributed by atoms with van der Waals surface area (Å²) in [4.78, 5) is 41.4. The fraction of sp³-hybridized carbons (Fsp3) is 0.778. The first-order valence-corrected chi connectivity index (χ1v) is 44.4. The van der Waals surface area contributed by atoms with Crippen molar-refractivity contribution in [3.8, 4) is 0 Å². The van der Waals surface area contributed by atoms with Crippen LogP contribution in [0.2, 0.25) is 0 Å². The number of hydrogen-bond donors (Lipinski definition) is 5. The Labute approximate surface area is 613 Å². The highest BCUT2D eigenvalue weighted by Crippen LogP contribution is 2.56. The SMILES string of the molecule is CCOC[C@H]1C2CCC(C2)[C@H]1NC(=O)c1nn(C2CCCCC2)c2c1CCCC2.CN(C)S(=O)(=O)NC1CCc2c(c(C(=O)NC3C4CC5CC(C4)CC3C5)nn2C2CCCCC2)C1.Cc1ccc(S(=O)(=O)NC2CCc3c(c(C(=O)NC4C5CC6CC(C5)CC4C6)nn3C3CCCCC3)C2)cc1. The van der Waals surface area contributed by atoms with Gasteiger partial charge in [-0.2, -0.15) is 32.7 Å². The summed E-state index contributed by atoms with van der Waals surface area (Å²) in [5.41, 5.74) is 9.73. The molecule has 22 heteroatoms. The quantitative estimate of drug-likeness (QED) is 0.0627. The Balaban J connectivity index is 0.000000121. The lowest BCUT2D eigenvalue weighted by atomic mass is 9.54. The van der Waals surface area contributed by atoms with Crippen LogP contribution in [-0.2, 0) is 63.5 Å². The van der Waals surface area contributed by atoms with Crippen LogP contribution in [0.3, 0.4) is 0 Å². The minimum Gasteiger partial charge on any atom is -0.381 e. The summed E-state index contributed by atoms with van der Waals surface area (Å²) in [6, 6.07) is 8.53. The molecular formula is C81H120N12O8S2. The van der Waals surface area contributed by atoms with Gasteiger partial charge in [-0.15, -0.1) is 0 Å². The van der Waals surface area contributed by atoms with E-state index < -0.39 is 20.2 Å². The van der Waals surface area contributed by atoms with Crippen LogP contribution in [0.5, 0.6) is 0 Å². The number of carbonyl (C=O) groups is 3. The summed E-state index contributed by atoms with van der Waals surface area (Å²) in [6.07, 6.45) is 43.4. The zero-order valence-corrected chi connectivity index (χ0v) is 63.9. The summed E-state index contributed by atoms with van der Waals surface area (Å²) in [6.45, 7) is 5.56. The molecule has 20 rings (SSSR count). The van der Waals surface area contributed by atoms with Gasteiger partial charge in [0, 0.05) is 90.6 Å². The van der Waals surface area contributed by atoms with E-state index in [9.17, 15) is 31.2 Å². The standard InChI is InChI=1S/C31H42N4O3S.C26H41N5O3S.C24H37N3O2/c1-19-7-10-26(11-8-19)39(37,38)34-24-9-12-28-27(18-24)30(33-35(28)25-5-3-2-4-6-25)31(36)32-29-22-14-20-13-21(16-22)17-23(29)15-20;1-30(2)35(33,34)29-20-8-9-23-22(15-20)25(28-31(23)21-6-4-3-5-7-21)26(32)27-24-18-11-16-10-17(13-18)14-19(24)12-16;1-2-29-15-20-16-12-13-17(14-16)22(20)25-24(28)23-19-10-6-7-11-21(19)27(26-23)18-8-4-3-5-9-18/h7-8,10-11,20-25,29,34H,2-6,9,12-18H2,1H3,(H,32,36);16-21,24,29H,3-15H2,1-2H3,(H,27,32);16-18,20,22H,2-15H2,1H3,(H,25,28)/t;;16?,17?,20-,22+/m..0/s1. The molecule has 103 heavy (non-hydrogen) atoms. The highest BCUT2D eigenvalue weighted by Gasteiger charge is 2.52. The Morgan fingerprint density at radius 2 is 0.864 bits per heavy atom. The Kier molecular flexibility index (Phi) is 21.4. The maximum absolute atomic E-state index is 13.9. The first-order valence-electron chi connectivity index (χ1n) is 41.5. The number of carbonyl (C=O) groups excluding carboxylic acids is 3. The molecule has 564 valence electrons. The van der Waals surface area contributed by atoms with Crippen LogP contribution in [0.4, 0.5) is 0 Å². The van der Waals surface area contributed by atoms with Crippen LogP contribution in [0, 0.1) is 72.0 Å². The molecule has 6 atom stereocenters. The molecule has 4 aromatic rings. The van der Waals surface area contributed by atoms with Gasteiger partial charge >= 0.3 is 0 Å². The molecular weight excluding hydrogens is 1330 g/mol. The van der Waals surface area contributed by atoms with E-state index in [0.717, 1.165) is 134 Å². The van der Waals surface area contributed by atoms with E-state index in [1.165, 1.54) is 183 Å². The second-order valence-corrected chi connectivity index (χ2v) is 39.1. The molecule has 0 radical (unpaired) electrons. The van der Waals surface area contributed by atoms with E-state index in [2.05, 4.69) is 46.4 Å². The van der Waals surface area contributed by atoms with Crippen molar-refractivity contribution >= 4 is 38.0 Å². The largest absolute Gasteiger partial charge is 0.381 e. The van der Waals surface area contributed by atoms with Gasteiger partial charge in [-0.1, -0.05) is 75.5 Å². The third kappa shape index (κ3) is 15.1. The van der Waals surface area contributed by atoms with Crippen molar-refractivity contribution in [2.45, 2.75) is 311 Å². The minimum atomic E-state index is -3.64. The predicted octanol–water partition coefficient (Wildman–Crippen LogP) is 12.7. The molecule has 5 N–H and O–H groups in total. The van der Waals surface area contributed by atoms with Crippen molar-refractivity contribution in [3.05, 3.63) is 80.7 Å². The number of nitrogens with one attached hydrogen (secondary N) is 5. The normalized spacial score (nSPS) is 33.0. The van der Waals surface area contributed by atoms with Gasteiger partial charge in [0.05, 0.1) is 29.6 Å². The van der Waals surface area contributed by atoms with Gasteiger partial charge in [0.25, 0.3) is 27.9 Å². The van der Waals surface area contributed by atoms with Crippen molar-refractivity contribution in [2.75, 3.05) is 27.3 Å². The summed E-state index contributed by atoms with van der Waals surface area (Å²) in [7, 11) is -4.08. The van der Waals surface area contributed by atoms with Gasteiger partial charge in [-0.3, -0.25) is 28.4 Å². The van der Waals surface area contributed by atoms with Crippen LogP contribution in [0.25, 0.3) is 0 Å². The van der Waals surface area contributed by atoms with Crippen LogP contribution < -0.4 is 25.4 Å². The molecule has 3 amide bonds. The van der Waals surface area contributed by atoms with Crippen LogP contribution in [-0.4, -0.2) is 126 Å². The van der Waals surface area contributed by atoms with Crippen LogP contribution in [0.15, 0.2) is 29.2 Å². The molecule has 10 bridgehead atoms. The zero-order valence-electron chi connectivity index (χ0n) is 62.3. The van der Waals surface area contributed by atoms with Crippen molar-refractivity contribution in [3.63, 3.8) is 0 Å². The van der Waals surface area contributed by atoms with E-state index in [1.54, 1.807) is 26.2 Å². The number of aromatic nitrogens is 6. The van der Waals surface area contributed by atoms with E-state index in [0.29, 0.717) is 84.3 Å². The van der Waals surface area contributed by atoms with E-state index >= 15 is 0 Å². The minimum absolute atomic E-state index is 0.0376. The second kappa shape index (κ2) is 30.6. The fourth-order valence-electron chi connectivity index (χ4n) is 24.0. The van der Waals surface area contributed by atoms with Crippen molar-refractivity contribution in [1.82, 2.24) is 59.0 Å². The lowest BCUT2D eigenvalue weighted by Crippen LogP contribution is -2.56. The third-order valence-corrected chi connectivity index (χ3v) is 31.7. The van der Waals surface area contributed by atoms with Gasteiger partial charge in [-0.05, 0) is 271 Å². The predicted molar refractivity (Wildman–Crippen MR) is 397 cm³/mol. The number of amides is 3. The van der Waals surface area contributed by atoms with Crippen molar-refractivity contribution in [2.24, 2.45) is 65.1 Å². The third-order valence-electron chi connectivity index (χ3n) is 28.6. The average molecular weight is 1450 g/mol. The first-order chi connectivity index (χ1) is 49.9. The lowest BCUT2D eigenvalue weighted by Gasteiger charge is -2.54. The number of benzene rings is 1. The number of rotatable bonds is 18. The summed E-state index contributed by atoms with van der Waals surface area (Å²) in [5, 5.41) is 25.4. The second-order valence-electron chi connectivity index (χ2n) is 35.5. The lowest BCUT2D eigenvalue weighted by molar-refractivity contribution is -0.0120. The number of sulfonamides is 1. The van der Waals surface area contributed by atoms with Gasteiger partial charge in [-0.25, -0.2) is 13.1 Å². The number of aryl methyl sites for hydroxylation is 1. The van der Waals surface area contributed by atoms with Gasteiger partial charge < -0.3 is 20.7 Å². The summed E-state index contributed by atoms with van der Waals surface area (Å²) >= 11 is 0. The Hall–Kier alpha value is -5.00. The molecule has 0 spiro atoms. The first kappa shape index (κ1) is 72.2. The fourth-order valence-corrected chi connectivity index (χ4v) is 26.1. The molecule has 1 aromatic carbocycles. The summed E-state index contributed by atoms with van der Waals surface area (Å²) < 4.78 is 70.8. The average Bonchev–Trinajstić information content (AvgIpc) is 1.30. The van der Waals surface area contributed by atoms with E-state index in [1.807, 2.05) is 19.1 Å². The highest BCUT2D eigenvalue weighted by molar-refractivity contribution is 7.89. The molecule has 0 saturated heterocycles. The number of ether oxygens (including phenoxy) is 1. The van der Waals surface area contributed by atoms with Crippen molar-refractivity contribution in [1.29, 1.82) is 0 Å². The molecule has 13 saturated carbocycles. The molecule has 13 fully saturated rings. The maximum atomic E-state index is 13.9. The topological polar surface area (TPSA) is 246 Å². The Morgan fingerprint density at radius 3 is 1.31 bits per heavy atom.